The van der Waals surface area contributed by atoms with E-state index in [4.69, 9.17) is 11.6 Å². The van der Waals surface area contributed by atoms with Crippen molar-refractivity contribution in [2.75, 3.05) is 7.05 Å². The summed E-state index contributed by atoms with van der Waals surface area (Å²) in [5.41, 5.74) is 5.06. The van der Waals surface area contributed by atoms with E-state index in [1.807, 2.05) is 12.1 Å². The van der Waals surface area contributed by atoms with E-state index in [1.165, 1.54) is 18.2 Å². The molecule has 10 heteroatoms. The molecule has 194 valence electrons. The fourth-order valence-electron chi connectivity index (χ4n) is 4.07. The van der Waals surface area contributed by atoms with Gasteiger partial charge < -0.3 is 20.1 Å². The van der Waals surface area contributed by atoms with Crippen LogP contribution in [0.25, 0.3) is 22.3 Å². The first-order valence-electron chi connectivity index (χ1n) is 11.7. The number of benzene rings is 2. The van der Waals surface area contributed by atoms with Gasteiger partial charge in [0.05, 0.1) is 28.5 Å². The molecule has 0 aliphatic carbocycles. The average Bonchev–Trinajstić information content (AvgIpc) is 3.30. The number of likely N-dealkylation sites (N-methyl/N-ethyl adjacent to an activating group) is 1. The first kappa shape index (κ1) is 26.8. The van der Waals surface area contributed by atoms with E-state index in [-0.39, 0.29) is 11.6 Å². The summed E-state index contributed by atoms with van der Waals surface area (Å²) in [5.74, 6) is -1.19. The molecule has 0 saturated heterocycles. The van der Waals surface area contributed by atoms with Crippen molar-refractivity contribution in [1.29, 1.82) is 0 Å². The van der Waals surface area contributed by atoms with Crippen molar-refractivity contribution in [3.63, 3.8) is 0 Å². The summed E-state index contributed by atoms with van der Waals surface area (Å²) >= 11 is 5.95. The summed E-state index contributed by atoms with van der Waals surface area (Å²) in [7, 11) is 1.78. The number of carbonyl (C=O) groups is 1. The third-order valence-corrected chi connectivity index (χ3v) is 6.08. The lowest BCUT2D eigenvalue weighted by atomic mass is 9.99. The van der Waals surface area contributed by atoms with Crippen LogP contribution in [0, 0.1) is 11.6 Å². The third-order valence-electron chi connectivity index (χ3n) is 5.83. The number of aldehydes is 1. The minimum Gasteiger partial charge on any atom is -0.360 e. The molecular weight excluding hydrogens is 512 g/mol. The summed E-state index contributed by atoms with van der Waals surface area (Å²) in [5, 5.41) is 3.79. The van der Waals surface area contributed by atoms with Gasteiger partial charge in [-0.15, -0.1) is 0 Å². The van der Waals surface area contributed by atoms with Crippen molar-refractivity contribution < 1.29 is 13.6 Å². The van der Waals surface area contributed by atoms with E-state index in [0.29, 0.717) is 34.8 Å². The topological polar surface area (TPSA) is 104 Å². The maximum Gasteiger partial charge on any atom is 0.248 e. The second-order valence-corrected chi connectivity index (χ2v) is 8.85. The van der Waals surface area contributed by atoms with Crippen LogP contribution in [0.4, 0.5) is 8.78 Å². The van der Waals surface area contributed by atoms with E-state index in [2.05, 4.69) is 25.3 Å². The third kappa shape index (κ3) is 6.56. The zero-order valence-electron chi connectivity index (χ0n) is 20.3. The van der Waals surface area contributed by atoms with Crippen LogP contribution < -0.4 is 10.9 Å². The molecule has 3 aromatic heterocycles. The fraction of sp³-hybridized carbons (Fsp3) is 0.143. The number of aromatic nitrogens is 4. The Kier molecular flexibility index (Phi) is 8.73. The quantitative estimate of drug-likeness (QED) is 0.249. The lowest BCUT2D eigenvalue weighted by Crippen LogP contribution is -2.21. The van der Waals surface area contributed by atoms with Crippen LogP contribution in [0.3, 0.4) is 0 Å². The van der Waals surface area contributed by atoms with E-state index < -0.39 is 11.6 Å². The molecule has 5 aromatic rings. The maximum atomic E-state index is 13.5. The van der Waals surface area contributed by atoms with Crippen LogP contribution in [0.2, 0.25) is 5.02 Å². The Morgan fingerprint density at radius 2 is 1.74 bits per heavy atom. The maximum absolute atomic E-state index is 13.5. The predicted octanol–water partition coefficient (Wildman–Crippen LogP) is 5.18. The highest BCUT2D eigenvalue weighted by Gasteiger charge is 2.18. The second-order valence-electron chi connectivity index (χ2n) is 8.42. The van der Waals surface area contributed by atoms with Gasteiger partial charge >= 0.3 is 0 Å². The lowest BCUT2D eigenvalue weighted by molar-refractivity contribution is -0.107. The minimum absolute atomic E-state index is 0.153. The molecular formula is C28H24ClF2N5O2. The number of hydrogen-bond donors (Lipinski definition) is 3. The highest BCUT2D eigenvalue weighted by molar-refractivity contribution is 6.30. The molecule has 0 aliphatic rings. The zero-order chi connectivity index (χ0) is 27.1. The van der Waals surface area contributed by atoms with E-state index in [0.717, 1.165) is 34.5 Å². The highest BCUT2D eigenvalue weighted by Crippen LogP contribution is 2.28. The summed E-state index contributed by atoms with van der Waals surface area (Å²) < 4.78 is 26.9. The molecule has 0 spiro atoms. The van der Waals surface area contributed by atoms with Crippen LogP contribution in [0.1, 0.15) is 22.9 Å². The van der Waals surface area contributed by atoms with Crippen molar-refractivity contribution in [1.82, 2.24) is 25.3 Å². The molecule has 7 nitrogen and oxygen atoms in total. The van der Waals surface area contributed by atoms with Gasteiger partial charge in [-0.2, -0.15) is 0 Å². The number of halogens is 3. The predicted molar refractivity (Wildman–Crippen MR) is 143 cm³/mol. The van der Waals surface area contributed by atoms with Gasteiger partial charge in [0.1, 0.15) is 17.9 Å². The molecule has 3 N–H and O–H groups in total. The van der Waals surface area contributed by atoms with Gasteiger partial charge in [-0.1, -0.05) is 23.7 Å². The standard InChI is InChI=1S/C19H16ClF2N3.C9H8N2O2/c1-23-17(10-12-8-15(21)11-16(22)9-12)19-18(24-6-7-25-19)13-2-4-14(20)5-3-13;12-4-3-6-5-10-7-1-2-8(13)11-9(6)7/h2-9,11,17,23H,10H2,1H3;1-2,4-5,10H,3H2,(H,11,13). The molecule has 0 radical (unpaired) electrons. The van der Waals surface area contributed by atoms with Gasteiger partial charge in [-0.05, 0) is 49.4 Å². The van der Waals surface area contributed by atoms with Crippen LogP contribution in [0.5, 0.6) is 0 Å². The number of hydrogen-bond acceptors (Lipinski definition) is 5. The van der Waals surface area contributed by atoms with Crippen molar-refractivity contribution in [2.24, 2.45) is 0 Å². The number of carbonyl (C=O) groups excluding carboxylic acids is 1. The molecule has 2 aromatic carbocycles. The number of H-pyrrole nitrogens is 2. The largest absolute Gasteiger partial charge is 0.360 e. The zero-order valence-corrected chi connectivity index (χ0v) is 21.1. The second kappa shape index (κ2) is 12.4. The Bertz CT molecular complexity index is 1580. The van der Waals surface area contributed by atoms with Gasteiger partial charge in [-0.3, -0.25) is 14.8 Å². The van der Waals surface area contributed by atoms with Gasteiger partial charge in [0, 0.05) is 53.3 Å². The summed E-state index contributed by atoms with van der Waals surface area (Å²) in [6.45, 7) is 0. The van der Waals surface area contributed by atoms with Gasteiger partial charge in [0.2, 0.25) is 5.56 Å². The number of rotatable bonds is 7. The summed E-state index contributed by atoms with van der Waals surface area (Å²) in [6, 6.07) is 13.7. The minimum atomic E-state index is -0.595. The van der Waals surface area contributed by atoms with Gasteiger partial charge in [0.15, 0.2) is 0 Å². The Balaban J connectivity index is 0.000000216. The Hall–Kier alpha value is -4.21. The normalized spacial score (nSPS) is 11.6. The fourth-order valence-corrected chi connectivity index (χ4v) is 4.20. The van der Waals surface area contributed by atoms with E-state index in [1.54, 1.807) is 43.8 Å². The molecule has 0 amide bonds. The number of aromatic amines is 2. The van der Waals surface area contributed by atoms with Crippen molar-refractivity contribution in [2.45, 2.75) is 18.9 Å². The molecule has 38 heavy (non-hydrogen) atoms. The molecule has 0 aliphatic heterocycles. The van der Waals surface area contributed by atoms with Crippen LogP contribution in [-0.2, 0) is 17.6 Å². The van der Waals surface area contributed by atoms with Gasteiger partial charge in [-0.25, -0.2) is 8.78 Å². The number of nitrogens with one attached hydrogen (secondary N) is 3. The first-order chi connectivity index (χ1) is 18.4. The van der Waals surface area contributed by atoms with Crippen molar-refractivity contribution >= 4 is 28.9 Å². The SMILES string of the molecule is CNC(Cc1cc(F)cc(F)c1)c1nccnc1-c1ccc(Cl)cc1.O=CCc1c[nH]c2ccc(=O)[nH]c12. The van der Waals surface area contributed by atoms with E-state index in [9.17, 15) is 18.4 Å². The number of nitrogens with zero attached hydrogens (tertiary/aromatic N) is 2. The lowest BCUT2D eigenvalue weighted by Gasteiger charge is -2.18. The van der Waals surface area contributed by atoms with Gasteiger partial charge in [0.25, 0.3) is 0 Å². The van der Waals surface area contributed by atoms with Crippen molar-refractivity contribution in [3.8, 4) is 11.3 Å². The van der Waals surface area contributed by atoms with Crippen molar-refractivity contribution in [3.05, 3.63) is 117 Å². The van der Waals surface area contributed by atoms with Crippen LogP contribution in [0.15, 0.2) is 78.0 Å². The molecule has 1 unspecified atom stereocenters. The Labute approximate surface area is 221 Å². The summed E-state index contributed by atoms with van der Waals surface area (Å²) in [6.07, 6.45) is 6.46. The molecule has 5 rings (SSSR count). The van der Waals surface area contributed by atoms with E-state index >= 15 is 0 Å². The Morgan fingerprint density at radius 1 is 1.03 bits per heavy atom. The molecule has 0 saturated carbocycles. The number of fused-ring (bicyclic) bond motifs is 1. The smallest absolute Gasteiger partial charge is 0.248 e. The monoisotopic (exact) mass is 535 g/mol. The summed E-state index contributed by atoms with van der Waals surface area (Å²) in [4.78, 5) is 35.8. The molecule has 1 atom stereocenters. The highest BCUT2D eigenvalue weighted by atomic mass is 35.5. The molecule has 3 heterocycles. The average molecular weight is 536 g/mol. The van der Waals surface area contributed by atoms with Crippen LogP contribution in [-0.4, -0.2) is 33.3 Å². The number of pyridine rings is 1. The Morgan fingerprint density at radius 3 is 2.42 bits per heavy atom. The molecule has 0 fully saturated rings. The first-order valence-corrected chi connectivity index (χ1v) is 12.1. The molecule has 0 bridgehead atoms. The van der Waals surface area contributed by atoms with Crippen LogP contribution >= 0.6 is 11.6 Å².